The quantitative estimate of drug-likeness (QED) is 0.865. The molecule has 1 aromatic rings. The smallest absolute Gasteiger partial charge is 0.360 e. The predicted octanol–water partition coefficient (Wildman–Crippen LogP) is 3.38. The standard InChI is InChI=1S/C9H11ClF3N3S/c10-6-2-1-5(3-6)4-14-8-15-7(16-17-8)9(11,12)13/h5-6H,1-4H2,(H,14,15,16). The maximum absolute atomic E-state index is 12.2. The highest BCUT2D eigenvalue weighted by Gasteiger charge is 2.36. The van der Waals surface area contributed by atoms with Crippen LogP contribution in [0.25, 0.3) is 0 Å². The monoisotopic (exact) mass is 285 g/mol. The van der Waals surface area contributed by atoms with Crippen molar-refractivity contribution in [2.75, 3.05) is 11.9 Å². The molecule has 96 valence electrons. The number of halogens is 4. The van der Waals surface area contributed by atoms with E-state index in [9.17, 15) is 13.2 Å². The first-order chi connectivity index (χ1) is 7.95. The molecule has 0 aromatic carbocycles. The zero-order chi connectivity index (χ0) is 12.5. The predicted molar refractivity (Wildman–Crippen MR) is 60.4 cm³/mol. The molecule has 2 unspecified atom stereocenters. The molecule has 2 rings (SSSR count). The Labute approximate surface area is 106 Å². The summed E-state index contributed by atoms with van der Waals surface area (Å²) in [7, 11) is 0. The highest BCUT2D eigenvalue weighted by molar-refractivity contribution is 7.09. The average molecular weight is 286 g/mol. The third-order valence-electron chi connectivity index (χ3n) is 2.70. The normalized spacial score (nSPS) is 25.2. The van der Waals surface area contributed by atoms with Crippen molar-refractivity contribution in [2.45, 2.75) is 30.8 Å². The van der Waals surface area contributed by atoms with Gasteiger partial charge in [0.15, 0.2) is 0 Å². The van der Waals surface area contributed by atoms with Crippen LogP contribution in [0.15, 0.2) is 0 Å². The van der Waals surface area contributed by atoms with Crippen LogP contribution >= 0.6 is 23.1 Å². The van der Waals surface area contributed by atoms with Crippen LogP contribution in [0.4, 0.5) is 18.3 Å². The van der Waals surface area contributed by atoms with Gasteiger partial charge in [0.2, 0.25) is 11.0 Å². The third kappa shape index (κ3) is 3.45. The van der Waals surface area contributed by atoms with Gasteiger partial charge in [-0.25, -0.2) is 0 Å². The van der Waals surface area contributed by atoms with Gasteiger partial charge in [-0.15, -0.1) is 11.6 Å². The summed E-state index contributed by atoms with van der Waals surface area (Å²) >= 11 is 6.69. The maximum Gasteiger partial charge on any atom is 0.452 e. The molecule has 3 nitrogen and oxygen atoms in total. The van der Waals surface area contributed by atoms with Crippen molar-refractivity contribution in [1.82, 2.24) is 9.36 Å². The molecule has 0 saturated heterocycles. The molecule has 8 heteroatoms. The first kappa shape index (κ1) is 12.9. The second-order valence-electron chi connectivity index (χ2n) is 4.08. The summed E-state index contributed by atoms with van der Waals surface area (Å²) in [6.07, 6.45) is -1.59. The van der Waals surface area contributed by atoms with Crippen LogP contribution in [0.1, 0.15) is 25.1 Å². The number of nitrogens with zero attached hydrogens (tertiary/aromatic N) is 2. The lowest BCUT2D eigenvalue weighted by atomic mass is 10.1. The number of aromatic nitrogens is 2. The van der Waals surface area contributed by atoms with Gasteiger partial charge in [-0.2, -0.15) is 22.5 Å². The van der Waals surface area contributed by atoms with Crippen molar-refractivity contribution in [3.8, 4) is 0 Å². The second kappa shape index (κ2) is 4.97. The minimum atomic E-state index is -4.47. The molecule has 2 atom stereocenters. The molecule has 1 fully saturated rings. The van der Waals surface area contributed by atoms with Crippen molar-refractivity contribution in [3.05, 3.63) is 5.82 Å². The van der Waals surface area contributed by atoms with Gasteiger partial charge in [-0.05, 0) is 25.2 Å². The minimum Gasteiger partial charge on any atom is -0.360 e. The zero-order valence-electron chi connectivity index (χ0n) is 8.80. The van der Waals surface area contributed by atoms with Gasteiger partial charge in [0.05, 0.1) is 0 Å². The fourth-order valence-corrected chi connectivity index (χ4v) is 2.81. The minimum absolute atomic E-state index is 0.196. The van der Waals surface area contributed by atoms with E-state index in [1.165, 1.54) is 0 Å². The topological polar surface area (TPSA) is 37.8 Å². The highest BCUT2D eigenvalue weighted by Crippen LogP contribution is 2.31. The fourth-order valence-electron chi connectivity index (χ4n) is 1.84. The summed E-state index contributed by atoms with van der Waals surface area (Å²) in [5.41, 5.74) is 0. The Morgan fingerprint density at radius 2 is 2.18 bits per heavy atom. The van der Waals surface area contributed by atoms with Crippen molar-refractivity contribution >= 4 is 28.3 Å². The van der Waals surface area contributed by atoms with Crippen molar-refractivity contribution in [2.24, 2.45) is 5.92 Å². The molecule has 1 aliphatic carbocycles. The Hall–Kier alpha value is -0.560. The van der Waals surface area contributed by atoms with Crippen LogP contribution < -0.4 is 5.32 Å². The lowest BCUT2D eigenvalue weighted by Gasteiger charge is -2.08. The van der Waals surface area contributed by atoms with E-state index in [4.69, 9.17) is 11.6 Å². The molecule has 1 N–H and O–H groups in total. The lowest BCUT2D eigenvalue weighted by molar-refractivity contribution is -0.144. The van der Waals surface area contributed by atoms with Crippen LogP contribution in [0.3, 0.4) is 0 Å². The number of hydrogen-bond acceptors (Lipinski definition) is 4. The SMILES string of the molecule is FC(F)(F)c1nsc(NCC2CCC(Cl)C2)n1. The first-order valence-corrected chi connectivity index (χ1v) is 6.45. The van der Waals surface area contributed by atoms with Crippen LogP contribution in [-0.4, -0.2) is 21.3 Å². The molecule has 0 bridgehead atoms. The Kier molecular flexibility index (Phi) is 3.77. The maximum atomic E-state index is 12.2. The van der Waals surface area contributed by atoms with Gasteiger partial charge < -0.3 is 5.32 Å². The van der Waals surface area contributed by atoms with Crippen LogP contribution in [0.2, 0.25) is 0 Å². The van der Waals surface area contributed by atoms with E-state index in [0.29, 0.717) is 12.5 Å². The molecule has 1 aromatic heterocycles. The Balaban J connectivity index is 1.85. The van der Waals surface area contributed by atoms with Gasteiger partial charge in [0.25, 0.3) is 0 Å². The fraction of sp³-hybridized carbons (Fsp3) is 0.778. The molecule has 0 amide bonds. The summed E-state index contributed by atoms with van der Waals surface area (Å²) in [6.45, 7) is 0.607. The molecule has 1 heterocycles. The van der Waals surface area contributed by atoms with E-state index >= 15 is 0 Å². The molecule has 0 aliphatic heterocycles. The summed E-state index contributed by atoms with van der Waals surface area (Å²) in [6, 6.07) is 0. The highest BCUT2D eigenvalue weighted by atomic mass is 35.5. The molecular formula is C9H11ClF3N3S. The Bertz CT molecular complexity index is 382. The van der Waals surface area contributed by atoms with Gasteiger partial charge in [-0.3, -0.25) is 0 Å². The molecule has 0 spiro atoms. The largest absolute Gasteiger partial charge is 0.452 e. The molecule has 1 aliphatic rings. The summed E-state index contributed by atoms with van der Waals surface area (Å²) in [5, 5.41) is 3.30. The van der Waals surface area contributed by atoms with E-state index in [1.807, 2.05) is 0 Å². The Morgan fingerprint density at radius 1 is 1.41 bits per heavy atom. The number of nitrogens with one attached hydrogen (secondary N) is 1. The van der Waals surface area contributed by atoms with Gasteiger partial charge in [-0.1, -0.05) is 0 Å². The summed E-state index contributed by atoms with van der Waals surface area (Å²) in [5.74, 6) is -0.664. The number of anilines is 1. The van der Waals surface area contributed by atoms with E-state index in [2.05, 4.69) is 14.7 Å². The zero-order valence-corrected chi connectivity index (χ0v) is 10.4. The third-order valence-corrected chi connectivity index (χ3v) is 3.77. The van der Waals surface area contributed by atoms with Crippen molar-refractivity contribution < 1.29 is 13.2 Å². The van der Waals surface area contributed by atoms with Crippen molar-refractivity contribution in [1.29, 1.82) is 0 Å². The molecular weight excluding hydrogens is 275 g/mol. The molecule has 0 radical (unpaired) electrons. The molecule has 17 heavy (non-hydrogen) atoms. The van der Waals surface area contributed by atoms with Gasteiger partial charge in [0, 0.05) is 23.5 Å². The van der Waals surface area contributed by atoms with Gasteiger partial charge in [0.1, 0.15) is 0 Å². The van der Waals surface area contributed by atoms with E-state index in [1.54, 1.807) is 0 Å². The molecule has 1 saturated carbocycles. The number of rotatable bonds is 3. The number of alkyl halides is 4. The van der Waals surface area contributed by atoms with E-state index in [0.717, 1.165) is 30.8 Å². The lowest BCUT2D eigenvalue weighted by Crippen LogP contribution is -2.12. The van der Waals surface area contributed by atoms with Gasteiger partial charge >= 0.3 is 6.18 Å². The first-order valence-electron chi connectivity index (χ1n) is 5.24. The Morgan fingerprint density at radius 3 is 2.71 bits per heavy atom. The van der Waals surface area contributed by atoms with Crippen LogP contribution in [0, 0.1) is 5.92 Å². The number of hydrogen-bond donors (Lipinski definition) is 1. The van der Waals surface area contributed by atoms with Crippen LogP contribution in [0.5, 0.6) is 0 Å². The van der Waals surface area contributed by atoms with E-state index in [-0.39, 0.29) is 10.5 Å². The summed E-state index contributed by atoms with van der Waals surface area (Å²) < 4.78 is 40.0. The average Bonchev–Trinajstić information content (AvgIpc) is 2.82. The van der Waals surface area contributed by atoms with E-state index < -0.39 is 12.0 Å². The summed E-state index contributed by atoms with van der Waals surface area (Å²) in [4.78, 5) is 3.40. The second-order valence-corrected chi connectivity index (χ2v) is 5.45. The van der Waals surface area contributed by atoms with Crippen molar-refractivity contribution in [3.63, 3.8) is 0 Å². The van der Waals surface area contributed by atoms with Crippen LogP contribution in [-0.2, 0) is 6.18 Å².